The Hall–Kier alpha value is -1.01. The van der Waals surface area contributed by atoms with Crippen LogP contribution in [-0.4, -0.2) is 49.3 Å². The number of urea groups is 1. The average molecular weight is 348 g/mol. The highest BCUT2D eigenvalue weighted by molar-refractivity contribution is 6.36. The Balaban J connectivity index is 2.43. The fourth-order valence-corrected chi connectivity index (χ4v) is 2.57. The minimum Gasteiger partial charge on any atom is -0.386 e. The third-order valence-corrected chi connectivity index (χ3v) is 3.83. The van der Waals surface area contributed by atoms with Crippen LogP contribution in [0.15, 0.2) is 18.2 Å². The Bertz CT molecular complexity index is 477. The van der Waals surface area contributed by atoms with Crippen LogP contribution in [0.4, 0.5) is 4.79 Å². The second kappa shape index (κ2) is 9.20. The van der Waals surface area contributed by atoms with E-state index < -0.39 is 6.10 Å². The van der Waals surface area contributed by atoms with Gasteiger partial charge in [-0.3, -0.25) is 0 Å². The molecule has 7 heteroatoms. The standard InChI is InChI=1S/C15H23Cl2N3O2/c1-10(7-8-20(2)3)19-15(22)18-9-13(21)14-11(16)5-4-6-12(14)17/h4-6,10,13,21H,7-9H2,1-3H3,(H2,18,19,22). The zero-order valence-electron chi connectivity index (χ0n) is 13.1. The van der Waals surface area contributed by atoms with Gasteiger partial charge >= 0.3 is 6.03 Å². The van der Waals surface area contributed by atoms with Gasteiger partial charge in [0.15, 0.2) is 0 Å². The van der Waals surface area contributed by atoms with Crippen molar-refractivity contribution in [2.24, 2.45) is 0 Å². The Morgan fingerprint density at radius 1 is 1.32 bits per heavy atom. The molecule has 1 rings (SSSR count). The monoisotopic (exact) mass is 347 g/mol. The number of nitrogens with zero attached hydrogens (tertiary/aromatic N) is 1. The molecule has 0 fully saturated rings. The molecule has 0 bridgehead atoms. The van der Waals surface area contributed by atoms with E-state index in [1.54, 1.807) is 18.2 Å². The molecule has 0 heterocycles. The number of amides is 2. The number of carbonyl (C=O) groups excluding carboxylic acids is 1. The van der Waals surface area contributed by atoms with Crippen LogP contribution in [0.1, 0.15) is 25.0 Å². The van der Waals surface area contributed by atoms with Crippen LogP contribution < -0.4 is 10.6 Å². The van der Waals surface area contributed by atoms with Crippen LogP contribution in [0.3, 0.4) is 0 Å². The summed E-state index contributed by atoms with van der Waals surface area (Å²) in [6.07, 6.45) is -0.108. The molecule has 2 atom stereocenters. The predicted octanol–water partition coefficient (Wildman–Crippen LogP) is 2.67. The van der Waals surface area contributed by atoms with Crippen molar-refractivity contribution in [1.29, 1.82) is 0 Å². The summed E-state index contributed by atoms with van der Waals surface area (Å²) < 4.78 is 0. The minimum atomic E-state index is -0.955. The molecule has 2 amide bonds. The number of hydrogen-bond acceptors (Lipinski definition) is 3. The van der Waals surface area contributed by atoms with Gasteiger partial charge in [-0.15, -0.1) is 0 Å². The zero-order valence-corrected chi connectivity index (χ0v) is 14.6. The number of nitrogens with one attached hydrogen (secondary N) is 2. The van der Waals surface area contributed by atoms with Gasteiger partial charge in [-0.25, -0.2) is 4.79 Å². The van der Waals surface area contributed by atoms with E-state index in [9.17, 15) is 9.90 Å². The summed E-state index contributed by atoms with van der Waals surface area (Å²) in [5.74, 6) is 0. The highest BCUT2D eigenvalue weighted by Gasteiger charge is 2.16. The van der Waals surface area contributed by atoms with Crippen molar-refractivity contribution >= 4 is 29.2 Å². The minimum absolute atomic E-state index is 0.0374. The third-order valence-electron chi connectivity index (χ3n) is 3.18. The lowest BCUT2D eigenvalue weighted by Crippen LogP contribution is -2.43. The molecule has 2 unspecified atom stereocenters. The number of halogens is 2. The van der Waals surface area contributed by atoms with Gasteiger partial charge in [0, 0.05) is 28.2 Å². The van der Waals surface area contributed by atoms with E-state index in [1.165, 1.54) is 0 Å². The molecule has 0 spiro atoms. The van der Waals surface area contributed by atoms with E-state index in [0.717, 1.165) is 13.0 Å². The van der Waals surface area contributed by atoms with Crippen LogP contribution in [-0.2, 0) is 0 Å². The normalized spacial score (nSPS) is 13.8. The number of benzene rings is 1. The fourth-order valence-electron chi connectivity index (χ4n) is 1.92. The lowest BCUT2D eigenvalue weighted by molar-refractivity contribution is 0.172. The Morgan fingerprint density at radius 3 is 2.45 bits per heavy atom. The quantitative estimate of drug-likeness (QED) is 0.710. The third kappa shape index (κ3) is 6.40. The first-order chi connectivity index (χ1) is 10.3. The van der Waals surface area contributed by atoms with Crippen molar-refractivity contribution in [3.8, 4) is 0 Å². The van der Waals surface area contributed by atoms with Crippen molar-refractivity contribution < 1.29 is 9.90 Å². The van der Waals surface area contributed by atoms with Crippen molar-refractivity contribution in [2.75, 3.05) is 27.2 Å². The molecular formula is C15H23Cl2N3O2. The van der Waals surface area contributed by atoms with Gasteiger partial charge in [0.1, 0.15) is 0 Å². The highest BCUT2D eigenvalue weighted by atomic mass is 35.5. The number of rotatable bonds is 7. The van der Waals surface area contributed by atoms with E-state index in [2.05, 4.69) is 15.5 Å². The van der Waals surface area contributed by atoms with Crippen molar-refractivity contribution in [3.05, 3.63) is 33.8 Å². The molecule has 0 saturated heterocycles. The van der Waals surface area contributed by atoms with Crippen molar-refractivity contribution in [2.45, 2.75) is 25.5 Å². The second-order valence-electron chi connectivity index (χ2n) is 5.50. The number of hydrogen-bond donors (Lipinski definition) is 3. The average Bonchev–Trinajstić information content (AvgIpc) is 2.42. The molecule has 22 heavy (non-hydrogen) atoms. The molecule has 0 aromatic heterocycles. The van der Waals surface area contributed by atoms with Crippen LogP contribution in [0.5, 0.6) is 0 Å². The van der Waals surface area contributed by atoms with Crippen LogP contribution in [0.2, 0.25) is 10.0 Å². The van der Waals surface area contributed by atoms with E-state index >= 15 is 0 Å². The molecule has 0 aliphatic rings. The molecule has 0 aliphatic carbocycles. The smallest absolute Gasteiger partial charge is 0.315 e. The lowest BCUT2D eigenvalue weighted by atomic mass is 10.1. The Morgan fingerprint density at radius 2 is 1.91 bits per heavy atom. The first-order valence-corrected chi connectivity index (χ1v) is 7.88. The van der Waals surface area contributed by atoms with Crippen molar-refractivity contribution in [1.82, 2.24) is 15.5 Å². The van der Waals surface area contributed by atoms with E-state index in [4.69, 9.17) is 23.2 Å². The van der Waals surface area contributed by atoms with Gasteiger partial charge in [-0.1, -0.05) is 29.3 Å². The summed E-state index contributed by atoms with van der Waals surface area (Å²) in [6, 6.07) is 4.72. The first-order valence-electron chi connectivity index (χ1n) is 7.12. The van der Waals surface area contributed by atoms with Gasteiger partial charge in [0.05, 0.1) is 6.10 Å². The van der Waals surface area contributed by atoms with E-state index in [1.807, 2.05) is 21.0 Å². The molecule has 0 radical (unpaired) electrons. The predicted molar refractivity (Wildman–Crippen MR) is 90.6 cm³/mol. The largest absolute Gasteiger partial charge is 0.386 e. The molecule has 0 aliphatic heterocycles. The molecule has 0 saturated carbocycles. The summed E-state index contributed by atoms with van der Waals surface area (Å²) in [5, 5.41) is 16.3. The maximum absolute atomic E-state index is 11.8. The van der Waals surface area contributed by atoms with Crippen molar-refractivity contribution in [3.63, 3.8) is 0 Å². The molecular weight excluding hydrogens is 325 g/mol. The van der Waals surface area contributed by atoms with Gasteiger partial charge < -0.3 is 20.6 Å². The fraction of sp³-hybridized carbons (Fsp3) is 0.533. The van der Waals surface area contributed by atoms with Gasteiger partial charge in [-0.2, -0.15) is 0 Å². The number of aliphatic hydroxyl groups excluding tert-OH is 1. The van der Waals surface area contributed by atoms with Crippen LogP contribution >= 0.6 is 23.2 Å². The van der Waals surface area contributed by atoms with Crippen LogP contribution in [0.25, 0.3) is 0 Å². The molecule has 3 N–H and O–H groups in total. The number of carbonyl (C=O) groups is 1. The van der Waals surface area contributed by atoms with Gasteiger partial charge in [0.2, 0.25) is 0 Å². The summed E-state index contributed by atoms with van der Waals surface area (Å²) in [5.41, 5.74) is 0.423. The van der Waals surface area contributed by atoms with E-state index in [0.29, 0.717) is 15.6 Å². The maximum atomic E-state index is 11.8. The molecule has 1 aromatic carbocycles. The first kappa shape index (κ1) is 19.0. The van der Waals surface area contributed by atoms with Gasteiger partial charge in [-0.05, 0) is 46.1 Å². The maximum Gasteiger partial charge on any atom is 0.315 e. The highest BCUT2D eigenvalue weighted by Crippen LogP contribution is 2.29. The molecule has 5 nitrogen and oxygen atoms in total. The summed E-state index contributed by atoms with van der Waals surface area (Å²) >= 11 is 12.0. The molecule has 124 valence electrons. The lowest BCUT2D eigenvalue weighted by Gasteiger charge is -2.19. The summed E-state index contributed by atoms with van der Waals surface area (Å²) in [4.78, 5) is 13.8. The Kier molecular flexibility index (Phi) is 7.96. The zero-order chi connectivity index (χ0) is 16.7. The Labute approximate surface area is 141 Å². The number of aliphatic hydroxyl groups is 1. The second-order valence-corrected chi connectivity index (χ2v) is 6.31. The SMILES string of the molecule is CC(CCN(C)C)NC(=O)NCC(O)c1c(Cl)cccc1Cl. The molecule has 1 aromatic rings. The van der Waals surface area contributed by atoms with Crippen LogP contribution in [0, 0.1) is 0 Å². The topological polar surface area (TPSA) is 64.6 Å². The van der Waals surface area contributed by atoms with E-state index in [-0.39, 0.29) is 18.6 Å². The summed E-state index contributed by atoms with van der Waals surface area (Å²) in [7, 11) is 3.97. The van der Waals surface area contributed by atoms with Gasteiger partial charge in [0.25, 0.3) is 0 Å². The summed E-state index contributed by atoms with van der Waals surface area (Å²) in [6.45, 7) is 2.86.